The van der Waals surface area contributed by atoms with Gasteiger partial charge in [-0.05, 0) is 36.1 Å². The lowest BCUT2D eigenvalue weighted by atomic mass is 10.1. The van der Waals surface area contributed by atoms with Crippen molar-refractivity contribution in [3.63, 3.8) is 0 Å². The Morgan fingerprint density at radius 3 is 3.00 bits per heavy atom. The first-order chi connectivity index (χ1) is 9.13. The minimum absolute atomic E-state index is 0.0883. The first kappa shape index (κ1) is 11.5. The summed E-state index contributed by atoms with van der Waals surface area (Å²) in [6.45, 7) is 1.78. The fourth-order valence-electron chi connectivity index (χ4n) is 2.07. The molecule has 2 aromatic heterocycles. The second-order valence-corrected chi connectivity index (χ2v) is 4.58. The van der Waals surface area contributed by atoms with Crippen LogP contribution >= 0.6 is 0 Å². The van der Waals surface area contributed by atoms with E-state index in [1.165, 1.54) is 4.68 Å². The molecule has 5 nitrogen and oxygen atoms in total. The molecule has 0 radical (unpaired) electrons. The van der Waals surface area contributed by atoms with Gasteiger partial charge in [0.25, 0.3) is 5.91 Å². The molecule has 0 aliphatic carbocycles. The van der Waals surface area contributed by atoms with E-state index >= 15 is 0 Å². The van der Waals surface area contributed by atoms with E-state index in [1.807, 2.05) is 30.5 Å². The number of nitrogens with one attached hydrogen (secondary N) is 1. The first-order valence-electron chi connectivity index (χ1n) is 6.04. The number of nitrogen functional groups attached to an aromatic ring is 1. The van der Waals surface area contributed by atoms with Crippen molar-refractivity contribution in [1.29, 1.82) is 0 Å². The summed E-state index contributed by atoms with van der Waals surface area (Å²) in [6.07, 6.45) is 3.75. The van der Waals surface area contributed by atoms with Crippen LogP contribution in [0.5, 0.6) is 0 Å². The van der Waals surface area contributed by atoms with Crippen molar-refractivity contribution < 1.29 is 4.79 Å². The minimum atomic E-state index is -0.0883. The summed E-state index contributed by atoms with van der Waals surface area (Å²) in [4.78, 5) is 15.2. The van der Waals surface area contributed by atoms with Gasteiger partial charge in [0.05, 0.1) is 24.0 Å². The van der Waals surface area contributed by atoms with Crippen molar-refractivity contribution in [3.05, 3.63) is 47.9 Å². The maximum Gasteiger partial charge on any atom is 0.251 e. The summed E-state index contributed by atoms with van der Waals surface area (Å²) in [5.74, 6) is -0.0883. The number of hydrogen-bond acceptors (Lipinski definition) is 3. The summed E-state index contributed by atoms with van der Waals surface area (Å²) in [5, 5.41) is 5.19. The monoisotopic (exact) mass is 254 g/mol. The highest BCUT2D eigenvalue weighted by Gasteiger charge is 2.10. The molecule has 0 bridgehead atoms. The van der Waals surface area contributed by atoms with E-state index in [1.54, 1.807) is 13.1 Å². The van der Waals surface area contributed by atoms with Gasteiger partial charge in [-0.15, -0.1) is 0 Å². The van der Waals surface area contributed by atoms with Gasteiger partial charge in [0.2, 0.25) is 0 Å². The molecule has 3 N–H and O–H groups in total. The van der Waals surface area contributed by atoms with Crippen molar-refractivity contribution in [3.8, 4) is 0 Å². The van der Waals surface area contributed by atoms with Crippen molar-refractivity contribution in [2.24, 2.45) is 0 Å². The van der Waals surface area contributed by atoms with Crippen LogP contribution in [-0.2, 0) is 6.42 Å². The number of aromatic amines is 1. The third-order valence-corrected chi connectivity index (χ3v) is 3.17. The predicted molar refractivity (Wildman–Crippen MR) is 74.0 cm³/mol. The number of nitrogens with zero attached hydrogens (tertiary/aromatic N) is 2. The maximum absolute atomic E-state index is 12.1. The summed E-state index contributed by atoms with van der Waals surface area (Å²) in [7, 11) is 0. The molecule has 0 fully saturated rings. The van der Waals surface area contributed by atoms with Gasteiger partial charge in [-0.3, -0.25) is 4.79 Å². The van der Waals surface area contributed by atoms with E-state index in [0.717, 1.165) is 16.5 Å². The molecule has 1 aromatic carbocycles. The fraction of sp³-hybridized carbons (Fsp3) is 0.143. The summed E-state index contributed by atoms with van der Waals surface area (Å²) >= 11 is 0. The number of rotatable bonds is 2. The third kappa shape index (κ3) is 2.10. The van der Waals surface area contributed by atoms with Crippen molar-refractivity contribution in [2.75, 3.05) is 5.73 Å². The number of nitrogens with two attached hydrogens (primary N) is 1. The quantitative estimate of drug-likeness (QED) is 0.735. The van der Waals surface area contributed by atoms with Gasteiger partial charge in [0, 0.05) is 11.7 Å². The zero-order valence-corrected chi connectivity index (χ0v) is 10.6. The SMILES string of the molecule is Cc1nn(C(=O)Cc2ccc3[nH]ccc3c2)cc1N. The summed E-state index contributed by atoms with van der Waals surface area (Å²) in [5.41, 5.74) is 8.93. The van der Waals surface area contributed by atoms with E-state index in [0.29, 0.717) is 17.8 Å². The molecule has 0 saturated heterocycles. The number of aryl methyl sites for hydroxylation is 1. The first-order valence-corrected chi connectivity index (χ1v) is 6.04. The van der Waals surface area contributed by atoms with Crippen LogP contribution in [0.3, 0.4) is 0 Å². The molecule has 0 aliphatic rings. The molecule has 0 unspecified atom stereocenters. The fourth-order valence-corrected chi connectivity index (χ4v) is 2.07. The standard InChI is InChI=1S/C14H14N4O/c1-9-12(15)8-18(17-9)14(19)7-10-2-3-13-11(6-10)4-5-16-13/h2-6,8,16H,7,15H2,1H3. The molecule has 5 heteroatoms. The predicted octanol–water partition coefficient (Wildman–Crippen LogP) is 2.14. The van der Waals surface area contributed by atoms with E-state index < -0.39 is 0 Å². The van der Waals surface area contributed by atoms with Crippen LogP contribution in [0.4, 0.5) is 5.69 Å². The Balaban J connectivity index is 1.85. The molecule has 0 amide bonds. The van der Waals surface area contributed by atoms with Crippen LogP contribution in [0, 0.1) is 6.92 Å². The molecule has 0 atom stereocenters. The Labute approximate surface area is 110 Å². The number of aromatic nitrogens is 3. The molecule has 2 heterocycles. The Hall–Kier alpha value is -2.56. The van der Waals surface area contributed by atoms with Crippen molar-refractivity contribution in [2.45, 2.75) is 13.3 Å². The van der Waals surface area contributed by atoms with Gasteiger partial charge >= 0.3 is 0 Å². The third-order valence-electron chi connectivity index (χ3n) is 3.17. The molecule has 3 aromatic rings. The van der Waals surface area contributed by atoms with Crippen LogP contribution in [-0.4, -0.2) is 20.7 Å². The van der Waals surface area contributed by atoms with E-state index in [9.17, 15) is 4.79 Å². The largest absolute Gasteiger partial charge is 0.396 e. The van der Waals surface area contributed by atoms with E-state index in [-0.39, 0.29) is 5.91 Å². The summed E-state index contributed by atoms with van der Waals surface area (Å²) < 4.78 is 1.31. The van der Waals surface area contributed by atoms with E-state index in [2.05, 4.69) is 10.1 Å². The number of carbonyl (C=O) groups excluding carboxylic acids is 1. The molecular formula is C14H14N4O. The summed E-state index contributed by atoms with van der Waals surface area (Å²) in [6, 6.07) is 7.90. The number of anilines is 1. The smallest absolute Gasteiger partial charge is 0.251 e. The average Bonchev–Trinajstić information content (AvgIpc) is 2.96. The number of H-pyrrole nitrogens is 1. The molecule has 0 aliphatic heterocycles. The Kier molecular flexibility index (Phi) is 2.59. The van der Waals surface area contributed by atoms with Crippen LogP contribution < -0.4 is 5.73 Å². The van der Waals surface area contributed by atoms with Gasteiger partial charge in [-0.25, -0.2) is 4.68 Å². The zero-order valence-electron chi connectivity index (χ0n) is 10.6. The lowest BCUT2D eigenvalue weighted by Crippen LogP contribution is -2.14. The van der Waals surface area contributed by atoms with Gasteiger partial charge in [0.1, 0.15) is 0 Å². The highest BCUT2D eigenvalue weighted by atomic mass is 16.2. The highest BCUT2D eigenvalue weighted by molar-refractivity contribution is 5.84. The number of carbonyl (C=O) groups is 1. The van der Waals surface area contributed by atoms with Crippen molar-refractivity contribution >= 4 is 22.5 Å². The molecular weight excluding hydrogens is 240 g/mol. The Morgan fingerprint density at radius 2 is 2.26 bits per heavy atom. The molecule has 0 saturated carbocycles. The van der Waals surface area contributed by atoms with E-state index in [4.69, 9.17) is 5.73 Å². The van der Waals surface area contributed by atoms with Gasteiger partial charge in [-0.2, -0.15) is 5.10 Å². The lowest BCUT2D eigenvalue weighted by molar-refractivity contribution is 0.0898. The van der Waals surface area contributed by atoms with Gasteiger partial charge in [-0.1, -0.05) is 6.07 Å². The zero-order chi connectivity index (χ0) is 13.4. The lowest BCUT2D eigenvalue weighted by Gasteiger charge is -2.01. The normalized spacial score (nSPS) is 11.0. The topological polar surface area (TPSA) is 76.7 Å². The highest BCUT2D eigenvalue weighted by Crippen LogP contribution is 2.15. The second-order valence-electron chi connectivity index (χ2n) is 4.58. The Bertz CT molecular complexity index is 734. The van der Waals surface area contributed by atoms with Gasteiger partial charge < -0.3 is 10.7 Å². The molecule has 96 valence electrons. The van der Waals surface area contributed by atoms with Crippen LogP contribution in [0.1, 0.15) is 16.1 Å². The molecule has 0 spiro atoms. The average molecular weight is 254 g/mol. The van der Waals surface area contributed by atoms with Crippen LogP contribution in [0.25, 0.3) is 10.9 Å². The number of hydrogen-bond donors (Lipinski definition) is 2. The number of benzene rings is 1. The maximum atomic E-state index is 12.1. The number of fused-ring (bicyclic) bond motifs is 1. The molecule has 3 rings (SSSR count). The molecule has 19 heavy (non-hydrogen) atoms. The second kappa shape index (κ2) is 4.28. The minimum Gasteiger partial charge on any atom is -0.396 e. The van der Waals surface area contributed by atoms with Gasteiger partial charge in [0.15, 0.2) is 0 Å². The van der Waals surface area contributed by atoms with Crippen LogP contribution in [0.15, 0.2) is 36.7 Å². The van der Waals surface area contributed by atoms with Crippen molar-refractivity contribution in [1.82, 2.24) is 14.8 Å². The Morgan fingerprint density at radius 1 is 1.42 bits per heavy atom. The van der Waals surface area contributed by atoms with Crippen LogP contribution in [0.2, 0.25) is 0 Å².